The molecule has 0 atom stereocenters. The Morgan fingerprint density at radius 2 is 1.88 bits per heavy atom. The number of anilines is 1. The highest BCUT2D eigenvalue weighted by atomic mass is 79.9. The Kier molecular flexibility index (Phi) is 6.83. The predicted octanol–water partition coefficient (Wildman–Crippen LogP) is 6.23. The van der Waals surface area contributed by atoms with Crippen LogP contribution in [-0.2, 0) is 4.79 Å². The standard InChI is InChI=1S/C24H20BrN3O2S2/c1-14-3-9-19-21(11-14)32-23(27-19)16-4-7-18(8-5-16)26-24(31)28-22(29)13-30-20-10-6-17(25)12-15(20)2/h3-12H,13H2,1-2H3,(H2,26,28,29,31). The van der Waals surface area contributed by atoms with Gasteiger partial charge in [-0.3, -0.25) is 10.1 Å². The van der Waals surface area contributed by atoms with Crippen LogP contribution in [0.25, 0.3) is 20.8 Å². The fraction of sp³-hybridized carbons (Fsp3) is 0.125. The van der Waals surface area contributed by atoms with Crippen molar-refractivity contribution in [1.82, 2.24) is 10.3 Å². The number of hydrogen-bond donors (Lipinski definition) is 2. The van der Waals surface area contributed by atoms with Crippen molar-refractivity contribution in [3.63, 3.8) is 0 Å². The molecule has 8 heteroatoms. The third-order valence-corrected chi connectivity index (χ3v) is 6.45. The molecule has 162 valence electrons. The highest BCUT2D eigenvalue weighted by molar-refractivity contribution is 9.10. The topological polar surface area (TPSA) is 63.2 Å². The second-order valence-electron chi connectivity index (χ2n) is 7.27. The van der Waals surface area contributed by atoms with E-state index >= 15 is 0 Å². The molecule has 5 nitrogen and oxygen atoms in total. The number of thiazole rings is 1. The van der Waals surface area contributed by atoms with Gasteiger partial charge in [-0.25, -0.2) is 4.98 Å². The number of ether oxygens (including phenoxy) is 1. The number of rotatable bonds is 5. The van der Waals surface area contributed by atoms with Crippen LogP contribution < -0.4 is 15.4 Å². The number of halogens is 1. The van der Waals surface area contributed by atoms with Crippen LogP contribution in [0.4, 0.5) is 5.69 Å². The molecule has 0 aliphatic heterocycles. The minimum absolute atomic E-state index is 0.125. The van der Waals surface area contributed by atoms with Crippen molar-refractivity contribution in [3.8, 4) is 16.3 Å². The summed E-state index contributed by atoms with van der Waals surface area (Å²) in [6.07, 6.45) is 0. The van der Waals surface area contributed by atoms with Gasteiger partial charge in [0, 0.05) is 15.7 Å². The fourth-order valence-corrected chi connectivity index (χ4v) is 4.87. The van der Waals surface area contributed by atoms with Gasteiger partial charge in [-0.15, -0.1) is 11.3 Å². The number of carbonyl (C=O) groups is 1. The minimum Gasteiger partial charge on any atom is -0.483 e. The maximum atomic E-state index is 12.2. The lowest BCUT2D eigenvalue weighted by atomic mass is 10.2. The van der Waals surface area contributed by atoms with E-state index in [-0.39, 0.29) is 17.6 Å². The summed E-state index contributed by atoms with van der Waals surface area (Å²) in [4.78, 5) is 16.9. The van der Waals surface area contributed by atoms with Crippen molar-refractivity contribution in [2.45, 2.75) is 13.8 Å². The van der Waals surface area contributed by atoms with Crippen LogP contribution in [-0.4, -0.2) is 22.6 Å². The average Bonchev–Trinajstić information content (AvgIpc) is 3.16. The first-order chi connectivity index (χ1) is 15.4. The van der Waals surface area contributed by atoms with E-state index in [9.17, 15) is 4.79 Å². The average molecular weight is 526 g/mol. The minimum atomic E-state index is -0.328. The smallest absolute Gasteiger partial charge is 0.264 e. The van der Waals surface area contributed by atoms with Crippen LogP contribution in [0.1, 0.15) is 11.1 Å². The van der Waals surface area contributed by atoms with Gasteiger partial charge in [0.1, 0.15) is 10.8 Å². The monoisotopic (exact) mass is 525 g/mol. The van der Waals surface area contributed by atoms with Crippen molar-refractivity contribution in [1.29, 1.82) is 0 Å². The molecule has 4 aromatic rings. The molecule has 1 heterocycles. The number of fused-ring (bicyclic) bond motifs is 1. The molecule has 4 rings (SSSR count). The van der Waals surface area contributed by atoms with E-state index in [2.05, 4.69) is 45.6 Å². The summed E-state index contributed by atoms with van der Waals surface area (Å²) >= 11 is 10.3. The Bertz CT molecular complexity index is 1300. The van der Waals surface area contributed by atoms with E-state index < -0.39 is 0 Å². The Balaban J connectivity index is 1.32. The predicted molar refractivity (Wildman–Crippen MR) is 139 cm³/mol. The Labute approximate surface area is 204 Å². The van der Waals surface area contributed by atoms with Crippen LogP contribution in [0.3, 0.4) is 0 Å². The lowest BCUT2D eigenvalue weighted by Crippen LogP contribution is -2.37. The molecular formula is C24H20BrN3O2S2. The molecule has 2 N–H and O–H groups in total. The zero-order valence-corrected chi connectivity index (χ0v) is 20.7. The number of amides is 1. The zero-order valence-electron chi connectivity index (χ0n) is 17.4. The number of benzene rings is 3. The van der Waals surface area contributed by atoms with Crippen molar-refractivity contribution in [3.05, 3.63) is 76.3 Å². The summed E-state index contributed by atoms with van der Waals surface area (Å²) in [5, 5.41) is 6.84. The molecular weight excluding hydrogens is 506 g/mol. The largest absolute Gasteiger partial charge is 0.483 e. The lowest BCUT2D eigenvalue weighted by molar-refractivity contribution is -0.121. The molecule has 0 radical (unpaired) electrons. The van der Waals surface area contributed by atoms with E-state index in [0.717, 1.165) is 31.8 Å². The summed E-state index contributed by atoms with van der Waals surface area (Å²) in [7, 11) is 0. The van der Waals surface area contributed by atoms with Gasteiger partial charge >= 0.3 is 0 Å². The normalized spacial score (nSPS) is 10.7. The van der Waals surface area contributed by atoms with Crippen LogP contribution in [0.5, 0.6) is 5.75 Å². The van der Waals surface area contributed by atoms with Crippen LogP contribution in [0.2, 0.25) is 0 Å². The van der Waals surface area contributed by atoms with E-state index in [1.807, 2.05) is 55.5 Å². The summed E-state index contributed by atoms with van der Waals surface area (Å²) in [6, 6.07) is 19.7. The molecule has 1 aromatic heterocycles. The van der Waals surface area contributed by atoms with Gasteiger partial charge in [-0.05, 0) is 91.8 Å². The highest BCUT2D eigenvalue weighted by Gasteiger charge is 2.09. The first-order valence-corrected chi connectivity index (χ1v) is 11.9. The van der Waals surface area contributed by atoms with Crippen molar-refractivity contribution in [2.75, 3.05) is 11.9 Å². The fourth-order valence-electron chi connectivity index (χ4n) is 3.09. The molecule has 0 aliphatic carbocycles. The summed E-state index contributed by atoms with van der Waals surface area (Å²) < 4.78 is 7.71. The Morgan fingerprint density at radius 3 is 2.62 bits per heavy atom. The summed E-state index contributed by atoms with van der Waals surface area (Å²) in [5.74, 6) is 0.328. The molecule has 1 amide bonds. The van der Waals surface area contributed by atoms with Crippen molar-refractivity contribution < 1.29 is 9.53 Å². The highest BCUT2D eigenvalue weighted by Crippen LogP contribution is 2.31. The van der Waals surface area contributed by atoms with Gasteiger partial charge in [0.25, 0.3) is 5.91 Å². The maximum absolute atomic E-state index is 12.2. The van der Waals surface area contributed by atoms with Crippen molar-refractivity contribution >= 4 is 66.4 Å². The number of hydrogen-bond acceptors (Lipinski definition) is 5. The van der Waals surface area contributed by atoms with Gasteiger partial charge in [0.15, 0.2) is 11.7 Å². The van der Waals surface area contributed by atoms with Gasteiger partial charge in [-0.1, -0.05) is 22.0 Å². The Morgan fingerprint density at radius 1 is 1.09 bits per heavy atom. The van der Waals surface area contributed by atoms with E-state index in [4.69, 9.17) is 21.9 Å². The first-order valence-electron chi connectivity index (χ1n) is 9.85. The molecule has 0 saturated carbocycles. The maximum Gasteiger partial charge on any atom is 0.264 e. The van der Waals surface area contributed by atoms with Crippen LogP contribution in [0, 0.1) is 13.8 Å². The third-order valence-electron chi connectivity index (χ3n) is 4.68. The lowest BCUT2D eigenvalue weighted by Gasteiger charge is -2.12. The SMILES string of the molecule is Cc1ccc2nc(-c3ccc(NC(=S)NC(=O)COc4ccc(Br)cc4C)cc3)sc2c1. The van der Waals surface area contributed by atoms with Gasteiger partial charge in [0.05, 0.1) is 10.2 Å². The molecule has 0 bridgehead atoms. The molecule has 0 unspecified atom stereocenters. The quantitative estimate of drug-likeness (QED) is 0.302. The van der Waals surface area contributed by atoms with Crippen molar-refractivity contribution in [2.24, 2.45) is 0 Å². The summed E-state index contributed by atoms with van der Waals surface area (Å²) in [5.41, 5.74) is 4.97. The first kappa shape index (κ1) is 22.4. The second-order valence-corrected chi connectivity index (χ2v) is 9.62. The molecule has 0 saturated heterocycles. The van der Waals surface area contributed by atoms with E-state index in [1.54, 1.807) is 11.3 Å². The van der Waals surface area contributed by atoms with Gasteiger partial charge in [-0.2, -0.15) is 0 Å². The number of aromatic nitrogens is 1. The van der Waals surface area contributed by atoms with Gasteiger partial charge in [0.2, 0.25) is 0 Å². The van der Waals surface area contributed by atoms with Crippen LogP contribution >= 0.6 is 39.5 Å². The Hall–Kier alpha value is -2.81. The second kappa shape index (κ2) is 9.77. The summed E-state index contributed by atoms with van der Waals surface area (Å²) in [6.45, 7) is 3.87. The van der Waals surface area contributed by atoms with E-state index in [1.165, 1.54) is 10.3 Å². The number of carbonyl (C=O) groups excluding carboxylic acids is 1. The van der Waals surface area contributed by atoms with Gasteiger partial charge < -0.3 is 10.1 Å². The molecule has 32 heavy (non-hydrogen) atoms. The zero-order chi connectivity index (χ0) is 22.7. The third kappa shape index (κ3) is 5.51. The number of nitrogens with zero attached hydrogens (tertiary/aromatic N) is 1. The molecule has 3 aromatic carbocycles. The molecule has 0 fully saturated rings. The molecule has 0 spiro atoms. The number of thiocarbonyl (C=S) groups is 1. The van der Waals surface area contributed by atoms with E-state index in [0.29, 0.717) is 5.75 Å². The molecule has 0 aliphatic rings. The number of aryl methyl sites for hydroxylation is 2. The van der Waals surface area contributed by atoms with Crippen LogP contribution in [0.15, 0.2) is 65.1 Å². The number of nitrogens with one attached hydrogen (secondary N) is 2.